The first kappa shape index (κ1) is 36.8. The van der Waals surface area contributed by atoms with E-state index < -0.39 is 20.0 Å². The Morgan fingerprint density at radius 1 is 0.615 bits per heavy atom. The predicted octanol–water partition coefficient (Wildman–Crippen LogP) is 7.71. The van der Waals surface area contributed by atoms with Crippen molar-refractivity contribution < 1.29 is 26.3 Å². The van der Waals surface area contributed by atoms with E-state index in [0.717, 1.165) is 108 Å². The molecular weight excluding hydrogens is 741 g/mol. The Bertz CT molecular complexity index is 2060. The van der Waals surface area contributed by atoms with E-state index in [0.29, 0.717) is 22.5 Å². The third kappa shape index (κ3) is 7.59. The maximum atomic E-state index is 14.1. The molecule has 0 bridgehead atoms. The summed E-state index contributed by atoms with van der Waals surface area (Å²) in [6.07, 6.45) is 9.28. The van der Waals surface area contributed by atoms with Crippen molar-refractivity contribution in [2.45, 2.75) is 85.0 Å². The number of aromatic nitrogens is 2. The van der Waals surface area contributed by atoms with Gasteiger partial charge in [0, 0.05) is 23.5 Å². The SMILES string of the molecule is COc1cccc2sc(S(=O)(=O)N(CNc3ccc(NCN(C4CCCCC4)S(=O)(=O)c4nc5c(OC)cccc5s4)cc3)C3CCCCC3)nc12. The number of hydrogen-bond acceptors (Lipinski definition) is 12. The summed E-state index contributed by atoms with van der Waals surface area (Å²) in [5.74, 6) is 1.09. The molecule has 5 aromatic rings. The maximum Gasteiger partial charge on any atom is 0.272 e. The minimum Gasteiger partial charge on any atom is -0.494 e. The number of methoxy groups -OCH3 is 2. The zero-order valence-electron chi connectivity index (χ0n) is 29.3. The van der Waals surface area contributed by atoms with Crippen LogP contribution >= 0.6 is 22.7 Å². The summed E-state index contributed by atoms with van der Waals surface area (Å²) in [4.78, 5) is 9.07. The van der Waals surface area contributed by atoms with E-state index in [2.05, 4.69) is 20.6 Å². The lowest BCUT2D eigenvalue weighted by Crippen LogP contribution is -2.44. The molecule has 7 rings (SSSR count). The van der Waals surface area contributed by atoms with Gasteiger partial charge in [0.15, 0.2) is 0 Å². The van der Waals surface area contributed by atoms with Crippen molar-refractivity contribution in [1.82, 2.24) is 18.6 Å². The van der Waals surface area contributed by atoms with Crippen molar-refractivity contribution in [2.24, 2.45) is 0 Å². The average molecular weight is 785 g/mol. The van der Waals surface area contributed by atoms with Crippen LogP contribution in [0.15, 0.2) is 69.3 Å². The minimum absolute atomic E-state index is 0.0568. The van der Waals surface area contributed by atoms with Gasteiger partial charge in [-0.2, -0.15) is 8.61 Å². The maximum absolute atomic E-state index is 14.1. The molecule has 2 N–H and O–H groups in total. The second kappa shape index (κ2) is 15.8. The van der Waals surface area contributed by atoms with E-state index >= 15 is 0 Å². The Morgan fingerprint density at radius 2 is 1.00 bits per heavy atom. The molecule has 0 radical (unpaired) electrons. The Morgan fingerprint density at radius 3 is 1.37 bits per heavy atom. The number of thiazole rings is 2. The lowest BCUT2D eigenvalue weighted by Gasteiger charge is -2.33. The molecule has 12 nitrogen and oxygen atoms in total. The van der Waals surface area contributed by atoms with Gasteiger partial charge in [0.05, 0.1) is 37.0 Å². The van der Waals surface area contributed by atoms with Gasteiger partial charge in [-0.05, 0) is 74.2 Å². The second-order valence-electron chi connectivity index (χ2n) is 13.2. The number of rotatable bonds is 14. The molecule has 0 saturated heterocycles. The molecule has 0 unspecified atom stereocenters. The molecule has 16 heteroatoms. The van der Waals surface area contributed by atoms with Gasteiger partial charge >= 0.3 is 0 Å². The van der Waals surface area contributed by atoms with E-state index in [1.165, 1.54) is 0 Å². The first-order chi connectivity index (χ1) is 25.2. The number of nitrogens with one attached hydrogen (secondary N) is 2. The first-order valence-electron chi connectivity index (χ1n) is 17.7. The molecule has 2 saturated carbocycles. The van der Waals surface area contributed by atoms with Crippen LogP contribution in [-0.4, -0.2) is 75.1 Å². The molecule has 0 aliphatic heterocycles. The van der Waals surface area contributed by atoms with E-state index in [9.17, 15) is 16.8 Å². The Labute approximate surface area is 313 Å². The number of nitrogens with zero attached hydrogens (tertiary/aromatic N) is 4. The van der Waals surface area contributed by atoms with Gasteiger partial charge in [-0.25, -0.2) is 26.8 Å². The molecule has 2 fully saturated rings. The third-order valence-corrected chi connectivity index (χ3v) is 16.5. The fourth-order valence-electron chi connectivity index (χ4n) is 7.16. The van der Waals surface area contributed by atoms with Crippen LogP contribution in [0.1, 0.15) is 64.2 Å². The number of hydrogen-bond donors (Lipinski definition) is 2. The fourth-order valence-corrected chi connectivity index (χ4v) is 13.0. The molecule has 0 amide bonds. The zero-order valence-corrected chi connectivity index (χ0v) is 32.6. The van der Waals surface area contributed by atoms with E-state index in [-0.39, 0.29) is 34.1 Å². The number of benzene rings is 3. The quantitative estimate of drug-likeness (QED) is 0.108. The molecule has 2 aliphatic carbocycles. The Balaban J connectivity index is 1.07. The molecular formula is C36H44N6O6S4. The highest BCUT2D eigenvalue weighted by Crippen LogP contribution is 2.37. The number of sulfonamides is 2. The van der Waals surface area contributed by atoms with Crippen molar-refractivity contribution in [3.63, 3.8) is 0 Å². The smallest absolute Gasteiger partial charge is 0.272 e. The summed E-state index contributed by atoms with van der Waals surface area (Å²) in [5.41, 5.74) is 2.58. The van der Waals surface area contributed by atoms with Crippen molar-refractivity contribution in [2.75, 3.05) is 38.2 Å². The molecule has 2 aliphatic rings. The van der Waals surface area contributed by atoms with E-state index in [1.807, 2.05) is 48.5 Å². The van der Waals surface area contributed by atoms with Gasteiger partial charge in [0.2, 0.25) is 8.68 Å². The summed E-state index contributed by atoms with van der Waals surface area (Å²) < 4.78 is 72.2. The van der Waals surface area contributed by atoms with Crippen molar-refractivity contribution in [1.29, 1.82) is 0 Å². The van der Waals surface area contributed by atoms with E-state index in [4.69, 9.17) is 9.47 Å². The van der Waals surface area contributed by atoms with Crippen LogP contribution in [-0.2, 0) is 20.0 Å². The molecule has 0 spiro atoms. The average Bonchev–Trinajstić information content (AvgIpc) is 3.83. The highest BCUT2D eigenvalue weighted by Gasteiger charge is 2.36. The van der Waals surface area contributed by atoms with Crippen LogP contribution in [0.5, 0.6) is 11.5 Å². The lowest BCUT2D eigenvalue weighted by molar-refractivity contribution is 0.263. The van der Waals surface area contributed by atoms with Crippen LogP contribution in [0.3, 0.4) is 0 Å². The molecule has 52 heavy (non-hydrogen) atoms. The highest BCUT2D eigenvalue weighted by molar-refractivity contribution is 7.91. The highest BCUT2D eigenvalue weighted by atomic mass is 32.3. The second-order valence-corrected chi connectivity index (χ2v) is 19.4. The minimum atomic E-state index is -3.91. The van der Waals surface area contributed by atoms with Gasteiger partial charge in [0.1, 0.15) is 22.5 Å². The van der Waals surface area contributed by atoms with Crippen LogP contribution in [0.25, 0.3) is 20.4 Å². The number of para-hydroxylation sites is 2. The van der Waals surface area contributed by atoms with E-state index in [1.54, 1.807) is 35.0 Å². The van der Waals surface area contributed by atoms with Gasteiger partial charge in [-0.3, -0.25) is 0 Å². The van der Waals surface area contributed by atoms with Crippen LogP contribution in [0, 0.1) is 0 Å². The summed E-state index contributed by atoms with van der Waals surface area (Å²) in [6, 6.07) is 18.2. The van der Waals surface area contributed by atoms with Crippen LogP contribution < -0.4 is 20.1 Å². The summed E-state index contributed by atoms with van der Waals surface area (Å²) >= 11 is 2.32. The number of ether oxygens (including phenoxy) is 2. The van der Waals surface area contributed by atoms with Gasteiger partial charge in [-0.15, -0.1) is 22.7 Å². The first-order valence-corrected chi connectivity index (χ1v) is 22.2. The van der Waals surface area contributed by atoms with Gasteiger partial charge in [-0.1, -0.05) is 50.7 Å². The number of anilines is 2. The summed E-state index contributed by atoms with van der Waals surface area (Å²) in [5, 5.41) is 6.67. The summed E-state index contributed by atoms with van der Waals surface area (Å²) in [6.45, 7) is 0.182. The number of fused-ring (bicyclic) bond motifs is 2. The van der Waals surface area contributed by atoms with Crippen LogP contribution in [0.2, 0.25) is 0 Å². The predicted molar refractivity (Wildman–Crippen MR) is 208 cm³/mol. The fraction of sp³-hybridized carbons (Fsp3) is 0.444. The Kier molecular flexibility index (Phi) is 11.2. The molecule has 2 aromatic heterocycles. The van der Waals surface area contributed by atoms with Crippen molar-refractivity contribution >= 4 is 74.5 Å². The topological polar surface area (TPSA) is 143 Å². The zero-order chi connectivity index (χ0) is 36.3. The monoisotopic (exact) mass is 784 g/mol. The molecule has 0 atom stereocenters. The third-order valence-electron chi connectivity index (χ3n) is 9.95. The van der Waals surface area contributed by atoms with Crippen LogP contribution in [0.4, 0.5) is 11.4 Å². The molecule has 2 heterocycles. The standard InChI is InChI=1S/C36H44N6O6S4/c1-47-29-15-9-17-31-33(29)39-35(49-31)51(43,44)41(27-11-5-3-6-12-27)23-37-25-19-21-26(22-20-25)38-24-42(28-13-7-4-8-14-28)52(45,46)36-40-34-30(48-2)16-10-18-32(34)50-36/h9-10,15-22,27-28,37-38H,3-8,11-14,23-24H2,1-2H3. The van der Waals surface area contributed by atoms with Crippen molar-refractivity contribution in [3.8, 4) is 11.5 Å². The molecule has 278 valence electrons. The van der Waals surface area contributed by atoms with Crippen molar-refractivity contribution in [3.05, 3.63) is 60.7 Å². The van der Waals surface area contributed by atoms with Gasteiger partial charge < -0.3 is 20.1 Å². The van der Waals surface area contributed by atoms with Gasteiger partial charge in [0.25, 0.3) is 20.0 Å². The lowest BCUT2D eigenvalue weighted by atomic mass is 9.96. The largest absolute Gasteiger partial charge is 0.494 e. The molecule has 3 aromatic carbocycles. The Hall–Kier alpha value is -3.54. The normalized spacial score (nSPS) is 16.5. The summed E-state index contributed by atoms with van der Waals surface area (Å²) in [7, 11) is -4.71.